The molecule has 0 aliphatic carbocycles. The molecule has 1 saturated heterocycles. The van der Waals surface area contributed by atoms with E-state index in [0.29, 0.717) is 12.4 Å². The average Bonchev–Trinajstić information content (AvgIpc) is 2.54. The second-order valence-electron chi connectivity index (χ2n) is 3.74. The molecular weight excluding hydrogens is 286 g/mol. The van der Waals surface area contributed by atoms with Gasteiger partial charge in [0.05, 0.1) is 12.5 Å². The molecule has 2 atom stereocenters. The van der Waals surface area contributed by atoms with Crippen LogP contribution in [0.3, 0.4) is 0 Å². The maximum absolute atomic E-state index is 11.7. The minimum absolute atomic E-state index is 0.273. The Balaban J connectivity index is 2.30. The zero-order valence-corrected chi connectivity index (χ0v) is 10.9. The molecule has 2 amide bonds. The van der Waals surface area contributed by atoms with Crippen LogP contribution < -0.4 is 10.1 Å². The van der Waals surface area contributed by atoms with Crippen molar-refractivity contribution in [2.24, 2.45) is 0 Å². The van der Waals surface area contributed by atoms with Gasteiger partial charge in [-0.3, -0.25) is 14.9 Å². The SMILES string of the molecule is CCOc1cccc(C2C(=O)NC(=O)C2Br)c1. The number of amides is 2. The molecule has 4 nitrogen and oxygen atoms in total. The second-order valence-corrected chi connectivity index (χ2v) is 4.72. The fourth-order valence-electron chi connectivity index (χ4n) is 1.84. The van der Waals surface area contributed by atoms with Gasteiger partial charge in [0.1, 0.15) is 10.6 Å². The number of carbonyl (C=O) groups excluding carboxylic acids is 2. The summed E-state index contributed by atoms with van der Waals surface area (Å²) >= 11 is 3.24. The fourth-order valence-corrected chi connectivity index (χ4v) is 2.50. The average molecular weight is 298 g/mol. The number of hydrogen-bond donors (Lipinski definition) is 1. The molecule has 1 heterocycles. The number of benzene rings is 1. The van der Waals surface area contributed by atoms with Gasteiger partial charge in [0, 0.05) is 0 Å². The van der Waals surface area contributed by atoms with E-state index in [1.54, 1.807) is 6.07 Å². The van der Waals surface area contributed by atoms with Gasteiger partial charge in [0.15, 0.2) is 0 Å². The third-order valence-corrected chi connectivity index (χ3v) is 3.54. The van der Waals surface area contributed by atoms with Gasteiger partial charge in [-0.15, -0.1) is 0 Å². The summed E-state index contributed by atoms with van der Waals surface area (Å²) in [5.74, 6) is -0.341. The van der Waals surface area contributed by atoms with Crippen molar-refractivity contribution in [1.82, 2.24) is 5.32 Å². The maximum Gasteiger partial charge on any atom is 0.241 e. The molecule has 0 saturated carbocycles. The summed E-state index contributed by atoms with van der Waals surface area (Å²) in [4.78, 5) is 22.5. The molecule has 1 N–H and O–H groups in total. The van der Waals surface area contributed by atoms with Gasteiger partial charge >= 0.3 is 0 Å². The van der Waals surface area contributed by atoms with Gasteiger partial charge in [-0.1, -0.05) is 28.1 Å². The molecule has 2 rings (SSSR count). The van der Waals surface area contributed by atoms with E-state index in [9.17, 15) is 9.59 Å². The standard InChI is InChI=1S/C12H12BrNO3/c1-2-17-8-5-3-4-7(6-8)9-10(13)12(16)14-11(9)15/h3-6,9-10H,2H2,1H3,(H,14,15,16). The molecule has 0 radical (unpaired) electrons. The van der Waals surface area contributed by atoms with Crippen LogP contribution in [0.25, 0.3) is 0 Å². The van der Waals surface area contributed by atoms with E-state index >= 15 is 0 Å². The van der Waals surface area contributed by atoms with Crippen LogP contribution in [0.5, 0.6) is 5.75 Å². The molecule has 17 heavy (non-hydrogen) atoms. The lowest BCUT2D eigenvalue weighted by molar-refractivity contribution is -0.125. The first-order valence-electron chi connectivity index (χ1n) is 5.35. The Morgan fingerprint density at radius 2 is 2.12 bits per heavy atom. The number of carbonyl (C=O) groups is 2. The molecule has 5 heteroatoms. The lowest BCUT2D eigenvalue weighted by Crippen LogP contribution is -2.22. The number of imide groups is 1. The van der Waals surface area contributed by atoms with Crippen molar-refractivity contribution in [3.63, 3.8) is 0 Å². The molecule has 0 spiro atoms. The van der Waals surface area contributed by atoms with Crippen molar-refractivity contribution in [3.05, 3.63) is 29.8 Å². The Morgan fingerprint density at radius 1 is 1.35 bits per heavy atom. The molecule has 1 aliphatic heterocycles. The second kappa shape index (κ2) is 4.87. The highest BCUT2D eigenvalue weighted by Gasteiger charge is 2.40. The van der Waals surface area contributed by atoms with Gasteiger partial charge in [-0.25, -0.2) is 0 Å². The monoisotopic (exact) mass is 297 g/mol. The third-order valence-electron chi connectivity index (χ3n) is 2.60. The highest BCUT2D eigenvalue weighted by molar-refractivity contribution is 9.10. The summed E-state index contributed by atoms with van der Waals surface area (Å²) in [5, 5.41) is 2.30. The van der Waals surface area contributed by atoms with Crippen molar-refractivity contribution in [2.75, 3.05) is 6.61 Å². The third kappa shape index (κ3) is 2.34. The highest BCUT2D eigenvalue weighted by Crippen LogP contribution is 2.31. The summed E-state index contributed by atoms with van der Waals surface area (Å²) in [7, 11) is 0. The van der Waals surface area contributed by atoms with Crippen molar-refractivity contribution in [1.29, 1.82) is 0 Å². The van der Waals surface area contributed by atoms with Crippen LogP contribution >= 0.6 is 15.9 Å². The fraction of sp³-hybridized carbons (Fsp3) is 0.333. The predicted octanol–water partition coefficient (Wildman–Crippen LogP) is 1.59. The number of nitrogens with one attached hydrogen (secondary N) is 1. The van der Waals surface area contributed by atoms with E-state index in [1.165, 1.54) is 0 Å². The van der Waals surface area contributed by atoms with Crippen molar-refractivity contribution in [2.45, 2.75) is 17.7 Å². The minimum Gasteiger partial charge on any atom is -0.494 e. The molecule has 1 fully saturated rings. The summed E-state index contributed by atoms with van der Waals surface area (Å²) in [6.45, 7) is 2.46. The molecule has 1 aromatic carbocycles. The van der Waals surface area contributed by atoms with Crippen LogP contribution in [0.1, 0.15) is 18.4 Å². The van der Waals surface area contributed by atoms with Gasteiger partial charge < -0.3 is 4.74 Å². The molecule has 0 aromatic heterocycles. The van der Waals surface area contributed by atoms with Crippen LogP contribution in [0, 0.1) is 0 Å². The molecule has 1 aromatic rings. The van der Waals surface area contributed by atoms with Crippen LogP contribution in [-0.2, 0) is 9.59 Å². The maximum atomic E-state index is 11.7. The Bertz CT molecular complexity index is 461. The zero-order valence-electron chi connectivity index (χ0n) is 9.27. The predicted molar refractivity (Wildman–Crippen MR) is 66.2 cm³/mol. The Morgan fingerprint density at radius 3 is 2.71 bits per heavy atom. The highest BCUT2D eigenvalue weighted by atomic mass is 79.9. The Kier molecular flexibility index (Phi) is 3.47. The van der Waals surface area contributed by atoms with Gasteiger partial charge in [-0.2, -0.15) is 0 Å². The van der Waals surface area contributed by atoms with Gasteiger partial charge in [-0.05, 0) is 24.6 Å². The summed E-state index contributed by atoms with van der Waals surface area (Å²) in [5.41, 5.74) is 0.779. The van der Waals surface area contributed by atoms with Gasteiger partial charge in [0.2, 0.25) is 11.8 Å². The van der Waals surface area contributed by atoms with E-state index in [1.807, 2.05) is 25.1 Å². The normalized spacial score (nSPS) is 23.6. The molecule has 1 aliphatic rings. The van der Waals surface area contributed by atoms with Crippen LogP contribution in [0.2, 0.25) is 0 Å². The smallest absolute Gasteiger partial charge is 0.241 e. The first-order chi connectivity index (χ1) is 8.13. The minimum atomic E-state index is -0.508. The molecule has 2 unspecified atom stereocenters. The molecule has 90 valence electrons. The number of ether oxygens (including phenoxy) is 1. The summed E-state index contributed by atoms with van der Waals surface area (Å²) in [6.07, 6.45) is 0. The van der Waals surface area contributed by atoms with Crippen molar-refractivity contribution in [3.8, 4) is 5.75 Å². The van der Waals surface area contributed by atoms with E-state index < -0.39 is 10.7 Å². The largest absolute Gasteiger partial charge is 0.494 e. The Hall–Kier alpha value is -1.36. The van der Waals surface area contributed by atoms with Crippen molar-refractivity contribution >= 4 is 27.7 Å². The zero-order chi connectivity index (χ0) is 12.4. The van der Waals surface area contributed by atoms with Crippen LogP contribution in [0.15, 0.2) is 24.3 Å². The van der Waals surface area contributed by atoms with E-state index in [2.05, 4.69) is 21.2 Å². The molecule has 0 bridgehead atoms. The lowest BCUT2D eigenvalue weighted by atomic mass is 9.97. The number of alkyl halides is 1. The van der Waals surface area contributed by atoms with Crippen molar-refractivity contribution < 1.29 is 14.3 Å². The van der Waals surface area contributed by atoms with Crippen LogP contribution in [-0.4, -0.2) is 23.2 Å². The lowest BCUT2D eigenvalue weighted by Gasteiger charge is -2.11. The topological polar surface area (TPSA) is 55.4 Å². The first-order valence-corrected chi connectivity index (χ1v) is 6.26. The Labute approximate surface area is 107 Å². The van der Waals surface area contributed by atoms with E-state index in [4.69, 9.17) is 4.74 Å². The van der Waals surface area contributed by atoms with Crippen LogP contribution in [0.4, 0.5) is 0 Å². The van der Waals surface area contributed by atoms with Gasteiger partial charge in [0.25, 0.3) is 0 Å². The summed E-state index contributed by atoms with van der Waals surface area (Å²) in [6, 6.07) is 7.25. The quantitative estimate of drug-likeness (QED) is 0.681. The number of hydrogen-bond acceptors (Lipinski definition) is 3. The van der Waals surface area contributed by atoms with E-state index in [0.717, 1.165) is 5.56 Å². The molecular formula is C12H12BrNO3. The summed E-state index contributed by atoms with van der Waals surface area (Å²) < 4.78 is 5.37. The number of rotatable bonds is 3. The first kappa shape index (κ1) is 12.1. The number of halogens is 1. The van der Waals surface area contributed by atoms with E-state index in [-0.39, 0.29) is 11.8 Å².